The number of carbonyl (C=O) groups excluding carboxylic acids is 1. The lowest BCUT2D eigenvalue weighted by Gasteiger charge is -2.23. The first-order chi connectivity index (χ1) is 15.4. The van der Waals surface area contributed by atoms with E-state index in [1.54, 1.807) is 0 Å². The van der Waals surface area contributed by atoms with Crippen LogP contribution in [0.25, 0.3) is 0 Å². The van der Waals surface area contributed by atoms with Crippen LogP contribution in [0.5, 0.6) is 0 Å². The maximum Gasteiger partial charge on any atom is 0.306 e. The van der Waals surface area contributed by atoms with E-state index in [4.69, 9.17) is 18.9 Å². The van der Waals surface area contributed by atoms with Crippen molar-refractivity contribution >= 4 is 5.97 Å². The van der Waals surface area contributed by atoms with Gasteiger partial charge in [-0.25, -0.2) is 0 Å². The summed E-state index contributed by atoms with van der Waals surface area (Å²) >= 11 is 0. The highest BCUT2D eigenvalue weighted by Crippen LogP contribution is 2.35. The largest absolute Gasteiger partial charge is 0.460 e. The van der Waals surface area contributed by atoms with Crippen molar-refractivity contribution in [2.24, 2.45) is 0 Å². The second kappa shape index (κ2) is 12.7. The van der Waals surface area contributed by atoms with E-state index in [1.807, 2.05) is 13.8 Å². The molecule has 0 aromatic carbocycles. The van der Waals surface area contributed by atoms with Gasteiger partial charge in [0.25, 0.3) is 0 Å². The summed E-state index contributed by atoms with van der Waals surface area (Å²) in [6.07, 6.45) is 15.0. The average Bonchev–Trinajstić information content (AvgIpc) is 3.46. The smallest absolute Gasteiger partial charge is 0.306 e. The molecule has 0 saturated carbocycles. The number of carbonyl (C=O) groups is 1. The Morgan fingerprint density at radius 1 is 0.906 bits per heavy atom. The number of cyclic esters (lactones) is 1. The first-order valence-corrected chi connectivity index (χ1v) is 13.3. The molecule has 0 unspecified atom stereocenters. The molecule has 6 atom stereocenters. The highest BCUT2D eigenvalue weighted by Gasteiger charge is 2.42. The summed E-state index contributed by atoms with van der Waals surface area (Å²) in [5, 5.41) is 10.7. The van der Waals surface area contributed by atoms with Gasteiger partial charge in [0.05, 0.1) is 30.5 Å². The van der Waals surface area contributed by atoms with Crippen molar-refractivity contribution < 1.29 is 28.8 Å². The molecule has 1 N–H and O–H groups in total. The van der Waals surface area contributed by atoms with Gasteiger partial charge in [0.2, 0.25) is 0 Å². The topological polar surface area (TPSA) is 74.2 Å². The molecule has 32 heavy (non-hydrogen) atoms. The molecular formula is C26H46O6. The zero-order valence-electron chi connectivity index (χ0n) is 20.6. The molecule has 0 aromatic rings. The molecule has 3 aliphatic rings. The normalized spacial score (nSPS) is 33.0. The second-order valence-electron chi connectivity index (χ2n) is 10.5. The fourth-order valence-corrected chi connectivity index (χ4v) is 5.45. The van der Waals surface area contributed by atoms with E-state index in [0.29, 0.717) is 12.8 Å². The summed E-state index contributed by atoms with van der Waals surface area (Å²) in [5.41, 5.74) is 0. The molecule has 0 aromatic heterocycles. The lowest BCUT2D eigenvalue weighted by molar-refractivity contribution is -0.150. The van der Waals surface area contributed by atoms with Crippen molar-refractivity contribution in [3.05, 3.63) is 0 Å². The van der Waals surface area contributed by atoms with Crippen LogP contribution in [0.15, 0.2) is 0 Å². The third-order valence-electron chi connectivity index (χ3n) is 7.22. The van der Waals surface area contributed by atoms with E-state index in [1.165, 1.54) is 51.4 Å². The van der Waals surface area contributed by atoms with Gasteiger partial charge in [-0.1, -0.05) is 58.3 Å². The Bertz CT molecular complexity index is 565. The quantitative estimate of drug-likeness (QED) is 0.279. The summed E-state index contributed by atoms with van der Waals surface area (Å²) in [4.78, 5) is 11.4. The number of hydrogen-bond donors (Lipinski definition) is 1. The van der Waals surface area contributed by atoms with E-state index >= 15 is 0 Å². The van der Waals surface area contributed by atoms with Crippen LogP contribution < -0.4 is 0 Å². The van der Waals surface area contributed by atoms with Gasteiger partial charge in [0.1, 0.15) is 6.10 Å². The maximum atomic E-state index is 11.4. The van der Waals surface area contributed by atoms with E-state index in [-0.39, 0.29) is 36.5 Å². The van der Waals surface area contributed by atoms with E-state index in [2.05, 4.69) is 6.92 Å². The van der Waals surface area contributed by atoms with Crippen molar-refractivity contribution in [1.82, 2.24) is 0 Å². The van der Waals surface area contributed by atoms with Gasteiger partial charge in [0.15, 0.2) is 5.79 Å². The molecule has 186 valence electrons. The minimum absolute atomic E-state index is 0.0252. The SMILES string of the molecule is CCCCCCCCCC[C@H]1OC(C)(C)O[C@@H]1CC[C@H](O)[C@@H]1CC[C@@H]([C@H]2CCC(=O)O2)O1. The monoisotopic (exact) mass is 454 g/mol. The molecule has 0 spiro atoms. The predicted octanol–water partition coefficient (Wildman–Crippen LogP) is 5.43. The van der Waals surface area contributed by atoms with Gasteiger partial charge < -0.3 is 24.1 Å². The van der Waals surface area contributed by atoms with Crippen LogP contribution >= 0.6 is 0 Å². The first-order valence-electron chi connectivity index (χ1n) is 13.3. The Balaban J connectivity index is 1.34. The molecule has 6 nitrogen and oxygen atoms in total. The van der Waals surface area contributed by atoms with Gasteiger partial charge in [-0.05, 0) is 52.4 Å². The number of esters is 1. The van der Waals surface area contributed by atoms with Gasteiger partial charge in [-0.2, -0.15) is 0 Å². The minimum Gasteiger partial charge on any atom is -0.460 e. The Kier molecular flexibility index (Phi) is 10.3. The van der Waals surface area contributed by atoms with Crippen LogP contribution in [-0.2, 0) is 23.7 Å². The van der Waals surface area contributed by atoms with Gasteiger partial charge in [-0.3, -0.25) is 4.79 Å². The third kappa shape index (κ3) is 7.96. The molecule has 3 fully saturated rings. The van der Waals surface area contributed by atoms with Crippen molar-refractivity contribution in [2.75, 3.05) is 0 Å². The second-order valence-corrected chi connectivity index (χ2v) is 10.5. The molecule has 0 aliphatic carbocycles. The number of rotatable bonds is 14. The van der Waals surface area contributed by atoms with E-state index < -0.39 is 11.9 Å². The molecular weight excluding hydrogens is 408 g/mol. The number of aliphatic hydroxyl groups is 1. The molecule has 0 amide bonds. The Labute approximate surface area is 194 Å². The third-order valence-corrected chi connectivity index (χ3v) is 7.22. The fourth-order valence-electron chi connectivity index (χ4n) is 5.45. The Morgan fingerprint density at radius 2 is 1.56 bits per heavy atom. The van der Waals surface area contributed by atoms with Crippen molar-refractivity contribution in [1.29, 1.82) is 0 Å². The summed E-state index contributed by atoms with van der Waals surface area (Å²) in [6, 6.07) is 0. The van der Waals surface area contributed by atoms with Gasteiger partial charge in [0, 0.05) is 6.42 Å². The zero-order valence-corrected chi connectivity index (χ0v) is 20.6. The van der Waals surface area contributed by atoms with Crippen LogP contribution in [0.3, 0.4) is 0 Å². The van der Waals surface area contributed by atoms with Crippen LogP contribution in [0.4, 0.5) is 0 Å². The van der Waals surface area contributed by atoms with Crippen molar-refractivity contribution in [3.63, 3.8) is 0 Å². The Hall–Kier alpha value is -0.690. The first kappa shape index (κ1) is 25.9. The van der Waals surface area contributed by atoms with Crippen LogP contribution in [0.1, 0.15) is 117 Å². The molecule has 3 aliphatic heterocycles. The standard InChI is InChI=1S/C26H46O6/c1-4-5-6-7-8-9-10-11-12-23-24(32-26(2,3)31-23)14-13-19(27)20-15-16-21(29-20)22-17-18-25(28)30-22/h19-24,27H,4-18H2,1-3H3/t19-,20-,21-,22+,23+,24+/m0/s1. The van der Waals surface area contributed by atoms with Gasteiger partial charge in [-0.15, -0.1) is 0 Å². The zero-order chi connectivity index (χ0) is 23.0. The highest BCUT2D eigenvalue weighted by atomic mass is 16.7. The highest BCUT2D eigenvalue weighted by molar-refractivity contribution is 5.71. The van der Waals surface area contributed by atoms with Crippen LogP contribution in [0, 0.1) is 0 Å². The van der Waals surface area contributed by atoms with E-state index in [9.17, 15) is 9.90 Å². The van der Waals surface area contributed by atoms with Crippen molar-refractivity contribution in [2.45, 2.75) is 159 Å². The van der Waals surface area contributed by atoms with E-state index in [0.717, 1.165) is 32.1 Å². The number of ether oxygens (including phenoxy) is 4. The fraction of sp³-hybridized carbons (Fsp3) is 0.962. The number of aliphatic hydroxyl groups excluding tert-OH is 1. The average molecular weight is 455 g/mol. The van der Waals surface area contributed by atoms with Gasteiger partial charge >= 0.3 is 5.97 Å². The maximum absolute atomic E-state index is 11.4. The molecule has 3 saturated heterocycles. The minimum atomic E-state index is -0.554. The molecule has 0 bridgehead atoms. The van der Waals surface area contributed by atoms with Crippen LogP contribution in [-0.4, -0.2) is 53.5 Å². The molecule has 3 heterocycles. The molecule has 6 heteroatoms. The lowest BCUT2D eigenvalue weighted by atomic mass is 9.97. The molecule has 0 radical (unpaired) electrons. The molecule has 3 rings (SSSR count). The summed E-state index contributed by atoms with van der Waals surface area (Å²) in [7, 11) is 0. The lowest BCUT2D eigenvalue weighted by Crippen LogP contribution is -2.32. The summed E-state index contributed by atoms with van der Waals surface area (Å²) < 4.78 is 23.8. The van der Waals surface area contributed by atoms with Crippen molar-refractivity contribution in [3.8, 4) is 0 Å². The summed E-state index contributed by atoms with van der Waals surface area (Å²) in [5.74, 6) is -0.687. The Morgan fingerprint density at radius 3 is 2.22 bits per heavy atom. The summed E-state index contributed by atoms with van der Waals surface area (Å²) in [6.45, 7) is 6.22. The van der Waals surface area contributed by atoms with Crippen LogP contribution in [0.2, 0.25) is 0 Å². The number of unbranched alkanes of at least 4 members (excludes halogenated alkanes) is 7. The number of hydrogen-bond acceptors (Lipinski definition) is 6. The predicted molar refractivity (Wildman–Crippen MR) is 123 cm³/mol.